The fourth-order valence-electron chi connectivity index (χ4n) is 1.66. The van der Waals surface area contributed by atoms with Gasteiger partial charge < -0.3 is 15.5 Å². The number of urea groups is 1. The number of benzene rings is 1. The van der Waals surface area contributed by atoms with Crippen molar-refractivity contribution in [2.24, 2.45) is 5.92 Å². The van der Waals surface area contributed by atoms with Crippen molar-refractivity contribution in [3.63, 3.8) is 0 Å². The van der Waals surface area contributed by atoms with Crippen molar-refractivity contribution in [1.29, 1.82) is 0 Å². The average Bonchev–Trinajstić information content (AvgIpc) is 2.37. The van der Waals surface area contributed by atoms with Gasteiger partial charge in [0.25, 0.3) is 5.91 Å². The highest BCUT2D eigenvalue weighted by Crippen LogP contribution is 2.21. The van der Waals surface area contributed by atoms with Gasteiger partial charge in [-0.15, -0.1) is 0 Å². The number of nitrogens with one attached hydrogen (secondary N) is 2. The molecule has 5 nitrogen and oxygen atoms in total. The molecule has 21 heavy (non-hydrogen) atoms. The Kier molecular flexibility index (Phi) is 6.49. The quantitative estimate of drug-likeness (QED) is 0.877. The highest BCUT2D eigenvalue weighted by Gasteiger charge is 2.13. The minimum Gasteiger partial charge on any atom is -0.345 e. The molecule has 0 radical (unpaired) electrons. The van der Waals surface area contributed by atoms with Crippen LogP contribution in [0.3, 0.4) is 0 Å². The largest absolute Gasteiger partial charge is 0.345 e. The normalized spacial score (nSPS) is 10.4. The molecule has 6 heteroatoms. The number of carbonyl (C=O) groups is 2. The average molecular weight is 312 g/mol. The zero-order valence-corrected chi connectivity index (χ0v) is 13.6. The molecule has 1 rings (SSSR count). The molecule has 0 aliphatic carbocycles. The Morgan fingerprint density at radius 1 is 1.29 bits per heavy atom. The van der Waals surface area contributed by atoms with Gasteiger partial charge in [0.2, 0.25) is 0 Å². The maximum Gasteiger partial charge on any atom is 0.319 e. The second-order valence-electron chi connectivity index (χ2n) is 5.46. The van der Waals surface area contributed by atoms with E-state index in [-0.39, 0.29) is 11.9 Å². The van der Waals surface area contributed by atoms with Gasteiger partial charge in [-0.05, 0) is 30.5 Å². The van der Waals surface area contributed by atoms with E-state index in [0.29, 0.717) is 28.7 Å². The number of carbonyl (C=O) groups excluding carboxylic acids is 2. The first-order valence-corrected chi connectivity index (χ1v) is 7.25. The molecule has 0 heterocycles. The predicted molar refractivity (Wildman–Crippen MR) is 85.9 cm³/mol. The van der Waals surface area contributed by atoms with E-state index in [2.05, 4.69) is 24.5 Å². The highest BCUT2D eigenvalue weighted by atomic mass is 35.5. The van der Waals surface area contributed by atoms with E-state index in [0.717, 1.165) is 6.42 Å². The lowest BCUT2D eigenvalue weighted by Gasteiger charge is -2.13. The van der Waals surface area contributed by atoms with Crippen LogP contribution in [0.1, 0.15) is 30.6 Å². The number of rotatable bonds is 5. The lowest BCUT2D eigenvalue weighted by atomic mass is 10.1. The van der Waals surface area contributed by atoms with Gasteiger partial charge in [-0.3, -0.25) is 4.79 Å². The molecular weight excluding hydrogens is 290 g/mol. The number of amides is 3. The number of hydrogen-bond acceptors (Lipinski definition) is 2. The van der Waals surface area contributed by atoms with Crippen LogP contribution in [0.15, 0.2) is 18.2 Å². The van der Waals surface area contributed by atoms with Crippen molar-refractivity contribution in [2.45, 2.75) is 20.3 Å². The van der Waals surface area contributed by atoms with Crippen LogP contribution in [-0.4, -0.2) is 37.5 Å². The summed E-state index contributed by atoms with van der Waals surface area (Å²) in [6.45, 7) is 4.81. The summed E-state index contributed by atoms with van der Waals surface area (Å²) in [6.07, 6.45) is 0.921. The monoisotopic (exact) mass is 311 g/mol. The van der Waals surface area contributed by atoms with Gasteiger partial charge in [0, 0.05) is 26.3 Å². The van der Waals surface area contributed by atoms with Gasteiger partial charge in [0.05, 0.1) is 10.6 Å². The van der Waals surface area contributed by atoms with Gasteiger partial charge in [0.15, 0.2) is 0 Å². The van der Waals surface area contributed by atoms with Crippen LogP contribution >= 0.6 is 11.6 Å². The fourth-order valence-corrected chi connectivity index (χ4v) is 1.92. The van der Waals surface area contributed by atoms with Gasteiger partial charge in [-0.25, -0.2) is 4.79 Å². The van der Waals surface area contributed by atoms with Crippen molar-refractivity contribution >= 4 is 29.2 Å². The van der Waals surface area contributed by atoms with E-state index in [1.807, 2.05) is 0 Å². The van der Waals surface area contributed by atoms with Crippen LogP contribution < -0.4 is 10.6 Å². The van der Waals surface area contributed by atoms with E-state index in [9.17, 15) is 9.59 Å². The summed E-state index contributed by atoms with van der Waals surface area (Å²) < 4.78 is 0. The molecule has 0 saturated heterocycles. The predicted octanol–water partition coefficient (Wildman–Crippen LogP) is 3.21. The summed E-state index contributed by atoms with van der Waals surface area (Å²) >= 11 is 6.08. The molecule has 0 unspecified atom stereocenters. The first-order chi connectivity index (χ1) is 9.81. The zero-order chi connectivity index (χ0) is 16.0. The van der Waals surface area contributed by atoms with Crippen molar-refractivity contribution in [1.82, 2.24) is 10.2 Å². The maximum atomic E-state index is 11.8. The van der Waals surface area contributed by atoms with Gasteiger partial charge in [-0.1, -0.05) is 25.4 Å². The first-order valence-electron chi connectivity index (χ1n) is 6.87. The molecule has 3 amide bonds. The Morgan fingerprint density at radius 3 is 2.48 bits per heavy atom. The fraction of sp³-hybridized carbons (Fsp3) is 0.467. The van der Waals surface area contributed by atoms with E-state index in [1.165, 1.54) is 4.90 Å². The number of hydrogen-bond donors (Lipinski definition) is 2. The third-order valence-corrected chi connectivity index (χ3v) is 3.18. The molecule has 1 aromatic rings. The number of halogens is 1. The summed E-state index contributed by atoms with van der Waals surface area (Å²) in [5.41, 5.74) is 0.963. The topological polar surface area (TPSA) is 61.4 Å². The molecule has 116 valence electrons. The van der Waals surface area contributed by atoms with E-state index < -0.39 is 0 Å². The van der Waals surface area contributed by atoms with E-state index in [1.54, 1.807) is 32.3 Å². The second kappa shape index (κ2) is 7.88. The molecule has 0 bridgehead atoms. The summed E-state index contributed by atoms with van der Waals surface area (Å²) in [4.78, 5) is 25.0. The van der Waals surface area contributed by atoms with Crippen molar-refractivity contribution in [3.8, 4) is 0 Å². The Morgan fingerprint density at radius 2 is 1.95 bits per heavy atom. The highest BCUT2D eigenvalue weighted by molar-refractivity contribution is 6.34. The smallest absolute Gasteiger partial charge is 0.319 e. The summed E-state index contributed by atoms with van der Waals surface area (Å²) in [6, 6.07) is 4.55. The number of anilines is 1. The molecular formula is C15H22ClN3O2. The third kappa shape index (κ3) is 5.63. The van der Waals surface area contributed by atoms with Gasteiger partial charge >= 0.3 is 6.03 Å². The van der Waals surface area contributed by atoms with Crippen LogP contribution in [0.4, 0.5) is 10.5 Å². The first kappa shape index (κ1) is 17.3. The van der Waals surface area contributed by atoms with E-state index in [4.69, 9.17) is 11.6 Å². The van der Waals surface area contributed by atoms with Crippen LogP contribution in [0.25, 0.3) is 0 Å². The zero-order valence-electron chi connectivity index (χ0n) is 12.9. The third-order valence-electron chi connectivity index (χ3n) is 2.87. The molecule has 0 aliphatic heterocycles. The van der Waals surface area contributed by atoms with Crippen LogP contribution in [0.5, 0.6) is 0 Å². The van der Waals surface area contributed by atoms with Crippen LogP contribution in [-0.2, 0) is 0 Å². The van der Waals surface area contributed by atoms with Crippen molar-refractivity contribution in [3.05, 3.63) is 28.8 Å². The SMILES string of the molecule is CC(C)CCNC(=O)Nc1ccc(C(=O)N(C)C)c(Cl)c1. The maximum absolute atomic E-state index is 11.8. The molecule has 0 saturated carbocycles. The van der Waals surface area contributed by atoms with Crippen LogP contribution in [0, 0.1) is 5.92 Å². The molecule has 0 fully saturated rings. The summed E-state index contributed by atoms with van der Waals surface area (Å²) in [5.74, 6) is 0.365. The molecule has 0 atom stereocenters. The van der Waals surface area contributed by atoms with Gasteiger partial charge in [0.1, 0.15) is 0 Å². The number of nitrogens with zero attached hydrogens (tertiary/aromatic N) is 1. The van der Waals surface area contributed by atoms with Gasteiger partial charge in [-0.2, -0.15) is 0 Å². The minimum absolute atomic E-state index is 0.173. The molecule has 1 aromatic carbocycles. The molecule has 0 aliphatic rings. The van der Waals surface area contributed by atoms with E-state index >= 15 is 0 Å². The Labute approximate surface area is 130 Å². The Balaban J connectivity index is 2.63. The summed E-state index contributed by atoms with van der Waals surface area (Å²) in [7, 11) is 3.32. The Hall–Kier alpha value is -1.75. The minimum atomic E-state index is -0.279. The Bertz CT molecular complexity index is 516. The molecule has 0 aromatic heterocycles. The lowest BCUT2D eigenvalue weighted by molar-refractivity contribution is 0.0828. The summed E-state index contributed by atoms with van der Waals surface area (Å²) in [5, 5.41) is 5.78. The molecule has 0 spiro atoms. The second-order valence-corrected chi connectivity index (χ2v) is 5.86. The van der Waals surface area contributed by atoms with Crippen LogP contribution in [0.2, 0.25) is 5.02 Å². The van der Waals surface area contributed by atoms with Crippen molar-refractivity contribution in [2.75, 3.05) is 26.0 Å². The molecule has 2 N–H and O–H groups in total. The van der Waals surface area contributed by atoms with Crippen molar-refractivity contribution < 1.29 is 9.59 Å². The lowest BCUT2D eigenvalue weighted by Crippen LogP contribution is -2.30. The standard InChI is InChI=1S/C15H22ClN3O2/c1-10(2)7-8-17-15(21)18-11-5-6-12(13(16)9-11)14(20)19(3)4/h5-6,9-10H,7-8H2,1-4H3,(H2,17,18,21).